The van der Waals surface area contributed by atoms with Gasteiger partial charge in [0.2, 0.25) is 5.91 Å². The molecule has 0 saturated heterocycles. The zero-order valence-electron chi connectivity index (χ0n) is 12.3. The van der Waals surface area contributed by atoms with Crippen molar-refractivity contribution in [2.75, 3.05) is 17.7 Å². The molecule has 21 heavy (non-hydrogen) atoms. The first kappa shape index (κ1) is 14.9. The molecule has 0 aliphatic rings. The second-order valence-corrected chi connectivity index (χ2v) is 4.69. The van der Waals surface area contributed by atoms with Gasteiger partial charge in [-0.05, 0) is 30.7 Å². The number of benzene rings is 2. The maximum absolute atomic E-state index is 12.3. The first-order chi connectivity index (χ1) is 10.2. The van der Waals surface area contributed by atoms with Gasteiger partial charge in [-0.1, -0.05) is 31.2 Å². The summed E-state index contributed by atoms with van der Waals surface area (Å²) < 4.78 is 5.19. The standard InChI is InChI=1S/C17H20N2O2/c1-3-16(17(20)19-13-8-5-4-6-9-13)18-14-10-7-11-15(12-14)21-2/h4-12,16,18H,3H2,1-2H3,(H,19,20)/t16-/m1/s1. The molecule has 0 bridgehead atoms. The number of methoxy groups -OCH3 is 1. The summed E-state index contributed by atoms with van der Waals surface area (Å²) in [4.78, 5) is 12.3. The number of nitrogens with one attached hydrogen (secondary N) is 2. The number of hydrogen-bond donors (Lipinski definition) is 2. The maximum atomic E-state index is 12.3. The average Bonchev–Trinajstić information content (AvgIpc) is 2.53. The van der Waals surface area contributed by atoms with Gasteiger partial charge in [-0.15, -0.1) is 0 Å². The van der Waals surface area contributed by atoms with Crippen LogP contribution in [0.4, 0.5) is 11.4 Å². The Hall–Kier alpha value is -2.49. The minimum atomic E-state index is -0.294. The van der Waals surface area contributed by atoms with Gasteiger partial charge in [0.25, 0.3) is 0 Å². The summed E-state index contributed by atoms with van der Waals surface area (Å²) in [7, 11) is 1.62. The molecule has 2 aromatic rings. The van der Waals surface area contributed by atoms with Crippen molar-refractivity contribution in [3.05, 3.63) is 54.6 Å². The SMILES string of the molecule is CC[C@@H](Nc1cccc(OC)c1)C(=O)Nc1ccccc1. The van der Waals surface area contributed by atoms with Gasteiger partial charge < -0.3 is 15.4 Å². The van der Waals surface area contributed by atoms with E-state index in [1.54, 1.807) is 7.11 Å². The molecule has 110 valence electrons. The molecule has 2 aromatic carbocycles. The summed E-state index contributed by atoms with van der Waals surface area (Å²) in [5.74, 6) is 0.713. The van der Waals surface area contributed by atoms with E-state index in [-0.39, 0.29) is 11.9 Å². The van der Waals surface area contributed by atoms with Crippen molar-refractivity contribution in [3.8, 4) is 5.75 Å². The zero-order valence-corrected chi connectivity index (χ0v) is 12.3. The van der Waals surface area contributed by atoms with Gasteiger partial charge in [-0.3, -0.25) is 4.79 Å². The maximum Gasteiger partial charge on any atom is 0.246 e. The molecule has 0 unspecified atom stereocenters. The number of ether oxygens (including phenoxy) is 1. The number of rotatable bonds is 6. The summed E-state index contributed by atoms with van der Waals surface area (Å²) in [6, 6.07) is 16.7. The summed E-state index contributed by atoms with van der Waals surface area (Å²) >= 11 is 0. The summed E-state index contributed by atoms with van der Waals surface area (Å²) in [5, 5.41) is 6.14. The van der Waals surface area contributed by atoms with E-state index in [1.807, 2.05) is 61.5 Å². The molecule has 0 heterocycles. The van der Waals surface area contributed by atoms with Gasteiger partial charge in [0, 0.05) is 17.4 Å². The third kappa shape index (κ3) is 4.24. The topological polar surface area (TPSA) is 50.4 Å². The first-order valence-corrected chi connectivity index (χ1v) is 6.99. The number of anilines is 2. The predicted molar refractivity (Wildman–Crippen MR) is 85.8 cm³/mol. The van der Waals surface area contributed by atoms with Crippen LogP contribution in [-0.2, 0) is 4.79 Å². The molecule has 2 rings (SSSR count). The highest BCUT2D eigenvalue weighted by atomic mass is 16.5. The Labute approximate surface area is 125 Å². The molecular formula is C17H20N2O2. The van der Waals surface area contributed by atoms with Gasteiger partial charge in [-0.25, -0.2) is 0 Å². The average molecular weight is 284 g/mol. The molecule has 0 spiro atoms. The molecule has 0 fully saturated rings. The van der Waals surface area contributed by atoms with Crippen molar-refractivity contribution in [1.82, 2.24) is 0 Å². The Morgan fingerprint density at radius 3 is 2.48 bits per heavy atom. The van der Waals surface area contributed by atoms with Gasteiger partial charge in [0.15, 0.2) is 0 Å². The molecule has 0 aliphatic heterocycles. The zero-order chi connectivity index (χ0) is 15.1. The lowest BCUT2D eigenvalue weighted by molar-refractivity contribution is -0.116. The van der Waals surface area contributed by atoms with E-state index in [0.717, 1.165) is 17.1 Å². The number of amides is 1. The number of carbonyl (C=O) groups excluding carboxylic acids is 1. The molecule has 1 atom stereocenters. The van der Waals surface area contributed by atoms with E-state index < -0.39 is 0 Å². The lowest BCUT2D eigenvalue weighted by Gasteiger charge is -2.18. The number of carbonyl (C=O) groups is 1. The van der Waals surface area contributed by atoms with Crippen LogP contribution >= 0.6 is 0 Å². The Morgan fingerprint density at radius 2 is 1.81 bits per heavy atom. The van der Waals surface area contributed by atoms with Crippen LogP contribution in [0.2, 0.25) is 0 Å². The summed E-state index contributed by atoms with van der Waals surface area (Å²) in [5.41, 5.74) is 1.66. The highest BCUT2D eigenvalue weighted by Crippen LogP contribution is 2.18. The van der Waals surface area contributed by atoms with Crippen LogP contribution in [-0.4, -0.2) is 19.1 Å². The van der Waals surface area contributed by atoms with E-state index in [9.17, 15) is 4.79 Å². The molecule has 4 nitrogen and oxygen atoms in total. The van der Waals surface area contributed by atoms with Gasteiger partial charge >= 0.3 is 0 Å². The molecule has 0 saturated carbocycles. The van der Waals surface area contributed by atoms with Gasteiger partial charge in [0.1, 0.15) is 11.8 Å². The fourth-order valence-electron chi connectivity index (χ4n) is 2.02. The van der Waals surface area contributed by atoms with E-state index in [2.05, 4.69) is 10.6 Å². The quantitative estimate of drug-likeness (QED) is 0.853. The summed E-state index contributed by atoms with van der Waals surface area (Å²) in [6.45, 7) is 1.97. The molecular weight excluding hydrogens is 264 g/mol. The Morgan fingerprint density at radius 1 is 1.10 bits per heavy atom. The molecule has 1 amide bonds. The number of para-hydroxylation sites is 1. The van der Waals surface area contributed by atoms with E-state index >= 15 is 0 Å². The van der Waals surface area contributed by atoms with Crippen molar-refractivity contribution >= 4 is 17.3 Å². The van der Waals surface area contributed by atoms with Gasteiger partial charge in [-0.2, -0.15) is 0 Å². The predicted octanol–water partition coefficient (Wildman–Crippen LogP) is 3.52. The highest BCUT2D eigenvalue weighted by Gasteiger charge is 2.16. The van der Waals surface area contributed by atoms with Crippen LogP contribution in [0.25, 0.3) is 0 Å². The molecule has 0 aliphatic carbocycles. The van der Waals surface area contributed by atoms with Crippen LogP contribution in [0.1, 0.15) is 13.3 Å². The Bertz CT molecular complexity index is 584. The van der Waals surface area contributed by atoms with E-state index in [0.29, 0.717) is 6.42 Å². The van der Waals surface area contributed by atoms with Crippen LogP contribution in [0.15, 0.2) is 54.6 Å². The van der Waals surface area contributed by atoms with E-state index in [1.165, 1.54) is 0 Å². The van der Waals surface area contributed by atoms with Crippen LogP contribution < -0.4 is 15.4 Å². The lowest BCUT2D eigenvalue weighted by Crippen LogP contribution is -2.34. The third-order valence-electron chi connectivity index (χ3n) is 3.18. The Balaban J connectivity index is 2.03. The van der Waals surface area contributed by atoms with Crippen LogP contribution in [0.5, 0.6) is 5.75 Å². The second-order valence-electron chi connectivity index (χ2n) is 4.69. The minimum Gasteiger partial charge on any atom is -0.497 e. The van der Waals surface area contributed by atoms with Crippen molar-refractivity contribution < 1.29 is 9.53 Å². The second kappa shape index (κ2) is 7.33. The molecule has 2 N–H and O–H groups in total. The fraction of sp³-hybridized carbons (Fsp3) is 0.235. The van der Waals surface area contributed by atoms with E-state index in [4.69, 9.17) is 4.74 Å². The number of hydrogen-bond acceptors (Lipinski definition) is 3. The monoisotopic (exact) mass is 284 g/mol. The molecule has 4 heteroatoms. The van der Waals surface area contributed by atoms with Crippen LogP contribution in [0, 0.1) is 0 Å². The minimum absolute atomic E-state index is 0.0495. The summed E-state index contributed by atoms with van der Waals surface area (Å²) in [6.07, 6.45) is 0.690. The Kier molecular flexibility index (Phi) is 5.21. The fourth-order valence-corrected chi connectivity index (χ4v) is 2.02. The largest absolute Gasteiger partial charge is 0.497 e. The first-order valence-electron chi connectivity index (χ1n) is 6.99. The van der Waals surface area contributed by atoms with Gasteiger partial charge in [0.05, 0.1) is 7.11 Å². The van der Waals surface area contributed by atoms with Crippen molar-refractivity contribution in [2.24, 2.45) is 0 Å². The third-order valence-corrected chi connectivity index (χ3v) is 3.18. The van der Waals surface area contributed by atoms with Crippen LogP contribution in [0.3, 0.4) is 0 Å². The normalized spacial score (nSPS) is 11.5. The van der Waals surface area contributed by atoms with Crippen molar-refractivity contribution in [1.29, 1.82) is 0 Å². The molecule has 0 aromatic heterocycles. The molecule has 0 radical (unpaired) electrons. The highest BCUT2D eigenvalue weighted by molar-refractivity contribution is 5.96. The van der Waals surface area contributed by atoms with Crippen molar-refractivity contribution in [2.45, 2.75) is 19.4 Å². The van der Waals surface area contributed by atoms with Crippen molar-refractivity contribution in [3.63, 3.8) is 0 Å². The smallest absolute Gasteiger partial charge is 0.246 e. The lowest BCUT2D eigenvalue weighted by atomic mass is 10.2.